The zero-order chi connectivity index (χ0) is 24.2. The maximum atomic E-state index is 13.3. The Morgan fingerprint density at radius 1 is 1.18 bits per heavy atom. The molecule has 4 aromatic rings. The van der Waals surface area contributed by atoms with Gasteiger partial charge < -0.3 is 19.2 Å². The van der Waals surface area contributed by atoms with Crippen LogP contribution in [0.5, 0.6) is 11.5 Å². The number of furan rings is 1. The normalized spacial score (nSPS) is 11.3. The van der Waals surface area contributed by atoms with Crippen LogP contribution in [0.15, 0.2) is 56.8 Å². The minimum Gasteiger partial charge on any atom is -0.497 e. The van der Waals surface area contributed by atoms with Crippen molar-refractivity contribution in [1.29, 1.82) is 0 Å². The second-order valence-electron chi connectivity index (χ2n) is 8.21. The monoisotopic (exact) mass is 481 g/mol. The highest BCUT2D eigenvalue weighted by atomic mass is 32.2. The lowest BCUT2D eigenvalue weighted by Crippen LogP contribution is -2.24. The van der Waals surface area contributed by atoms with Crippen LogP contribution in [0, 0.1) is 5.92 Å². The fourth-order valence-electron chi connectivity index (χ4n) is 3.58. The molecule has 2 aromatic heterocycles. The summed E-state index contributed by atoms with van der Waals surface area (Å²) in [5.74, 6) is 1.34. The van der Waals surface area contributed by atoms with Gasteiger partial charge in [0.25, 0.3) is 5.56 Å². The number of hydrogen-bond donors (Lipinski definition) is 1. The van der Waals surface area contributed by atoms with E-state index >= 15 is 0 Å². The molecule has 1 N–H and O–H groups in total. The predicted molar refractivity (Wildman–Crippen MR) is 134 cm³/mol. The molecule has 0 aliphatic rings. The van der Waals surface area contributed by atoms with E-state index in [4.69, 9.17) is 18.9 Å². The van der Waals surface area contributed by atoms with Crippen molar-refractivity contribution >= 4 is 45.4 Å². The first-order chi connectivity index (χ1) is 16.4. The average Bonchev–Trinajstić information content (AvgIpc) is 3.21. The van der Waals surface area contributed by atoms with Gasteiger partial charge in [-0.2, -0.15) is 0 Å². The minimum absolute atomic E-state index is 0.0653. The van der Waals surface area contributed by atoms with Crippen molar-refractivity contribution < 1.29 is 18.7 Å². The number of benzene rings is 2. The molecule has 9 heteroatoms. The van der Waals surface area contributed by atoms with Gasteiger partial charge in [-0.25, -0.2) is 4.98 Å². The maximum Gasteiger partial charge on any atom is 0.297 e. The number of methoxy groups -OCH3 is 2. The van der Waals surface area contributed by atoms with Crippen LogP contribution in [-0.2, 0) is 11.3 Å². The lowest BCUT2D eigenvalue weighted by atomic mass is 10.1. The molecule has 0 saturated carbocycles. The Balaban J connectivity index is 1.64. The number of nitrogens with one attached hydrogen (secondary N) is 1. The van der Waals surface area contributed by atoms with E-state index in [0.29, 0.717) is 45.9 Å². The zero-order valence-electron chi connectivity index (χ0n) is 19.6. The molecule has 8 nitrogen and oxygen atoms in total. The van der Waals surface area contributed by atoms with Crippen molar-refractivity contribution in [1.82, 2.24) is 9.55 Å². The average molecular weight is 482 g/mol. The third kappa shape index (κ3) is 4.89. The highest BCUT2D eigenvalue weighted by molar-refractivity contribution is 7.99. The molecule has 0 aliphatic heterocycles. The van der Waals surface area contributed by atoms with Crippen LogP contribution in [0.2, 0.25) is 0 Å². The molecule has 178 valence electrons. The summed E-state index contributed by atoms with van der Waals surface area (Å²) in [5.41, 5.74) is 1.63. The molecule has 0 spiro atoms. The molecule has 0 unspecified atom stereocenters. The molecule has 0 radical (unpaired) electrons. The van der Waals surface area contributed by atoms with Gasteiger partial charge in [-0.05, 0) is 36.6 Å². The van der Waals surface area contributed by atoms with Crippen molar-refractivity contribution in [3.63, 3.8) is 0 Å². The van der Waals surface area contributed by atoms with Crippen LogP contribution >= 0.6 is 11.8 Å². The molecule has 34 heavy (non-hydrogen) atoms. The van der Waals surface area contributed by atoms with Crippen LogP contribution in [0.25, 0.3) is 22.1 Å². The largest absolute Gasteiger partial charge is 0.497 e. The van der Waals surface area contributed by atoms with Gasteiger partial charge in [0.1, 0.15) is 22.6 Å². The molecule has 0 atom stereocenters. The molecule has 0 fully saturated rings. The topological polar surface area (TPSA) is 95.6 Å². The first kappa shape index (κ1) is 23.7. The molecule has 1 amide bonds. The number of rotatable bonds is 9. The Kier molecular flexibility index (Phi) is 7.12. The first-order valence-electron chi connectivity index (χ1n) is 11.0. The van der Waals surface area contributed by atoms with Crippen LogP contribution in [0.4, 0.5) is 5.69 Å². The number of fused-ring (bicyclic) bond motifs is 3. The molecule has 0 bridgehead atoms. The number of aromatic nitrogens is 2. The third-order valence-electron chi connectivity index (χ3n) is 5.39. The molecular weight excluding hydrogens is 454 g/mol. The maximum absolute atomic E-state index is 13.3. The lowest BCUT2D eigenvalue weighted by Gasteiger charge is -2.14. The van der Waals surface area contributed by atoms with Gasteiger partial charge >= 0.3 is 0 Å². The second kappa shape index (κ2) is 10.2. The van der Waals surface area contributed by atoms with Crippen molar-refractivity contribution in [3.8, 4) is 11.5 Å². The molecule has 0 aliphatic carbocycles. The number of carbonyl (C=O) groups is 1. The van der Waals surface area contributed by atoms with E-state index in [2.05, 4.69) is 19.2 Å². The van der Waals surface area contributed by atoms with Gasteiger partial charge in [-0.1, -0.05) is 37.7 Å². The standard InChI is InChI=1S/C25H27N3O5S/c1-15(2)11-12-28-24(30)23-22(17-7-5-6-8-19(17)33-23)27-25(28)34-14-21(29)26-18-13-16(31-3)9-10-20(18)32-4/h5-10,13,15H,11-12,14H2,1-4H3,(H,26,29). The van der Waals surface area contributed by atoms with Crippen LogP contribution in [0.3, 0.4) is 0 Å². The van der Waals surface area contributed by atoms with Crippen molar-refractivity contribution in [3.05, 3.63) is 52.8 Å². The van der Waals surface area contributed by atoms with E-state index in [1.807, 2.05) is 24.3 Å². The van der Waals surface area contributed by atoms with Crippen molar-refractivity contribution in [2.45, 2.75) is 32.0 Å². The Morgan fingerprint density at radius 3 is 2.71 bits per heavy atom. The summed E-state index contributed by atoms with van der Waals surface area (Å²) < 4.78 is 18.0. The zero-order valence-corrected chi connectivity index (χ0v) is 20.4. The summed E-state index contributed by atoms with van der Waals surface area (Å²) in [6, 6.07) is 12.6. The van der Waals surface area contributed by atoms with E-state index in [0.717, 1.165) is 11.8 Å². The van der Waals surface area contributed by atoms with Gasteiger partial charge in [0.2, 0.25) is 11.5 Å². The summed E-state index contributed by atoms with van der Waals surface area (Å²) in [7, 11) is 3.09. The summed E-state index contributed by atoms with van der Waals surface area (Å²) in [6.07, 6.45) is 0.800. The Hall–Kier alpha value is -3.46. The van der Waals surface area contributed by atoms with Gasteiger partial charge in [0.15, 0.2) is 5.16 Å². The molecule has 4 rings (SSSR count). The Morgan fingerprint density at radius 2 is 1.97 bits per heavy atom. The number of carbonyl (C=O) groups excluding carboxylic acids is 1. The van der Waals surface area contributed by atoms with Gasteiger partial charge in [-0.15, -0.1) is 0 Å². The van der Waals surface area contributed by atoms with Crippen LogP contribution in [0.1, 0.15) is 20.3 Å². The van der Waals surface area contributed by atoms with Gasteiger partial charge in [0, 0.05) is 18.0 Å². The summed E-state index contributed by atoms with van der Waals surface area (Å²) >= 11 is 1.22. The Labute approximate surface area is 201 Å². The summed E-state index contributed by atoms with van der Waals surface area (Å²) in [5, 5.41) is 4.11. The fraction of sp³-hybridized carbons (Fsp3) is 0.320. The summed E-state index contributed by atoms with van der Waals surface area (Å²) in [4.78, 5) is 30.8. The minimum atomic E-state index is -0.252. The van der Waals surface area contributed by atoms with E-state index in [1.165, 1.54) is 18.9 Å². The third-order valence-corrected chi connectivity index (χ3v) is 6.37. The number of hydrogen-bond acceptors (Lipinski definition) is 7. The van der Waals surface area contributed by atoms with Gasteiger partial charge in [0.05, 0.1) is 25.7 Å². The highest BCUT2D eigenvalue weighted by Gasteiger charge is 2.19. The van der Waals surface area contributed by atoms with E-state index in [-0.39, 0.29) is 22.8 Å². The number of thioether (sulfide) groups is 1. The van der Waals surface area contributed by atoms with Gasteiger partial charge in [-0.3, -0.25) is 14.2 Å². The number of nitrogens with zero attached hydrogens (tertiary/aromatic N) is 2. The molecule has 0 saturated heterocycles. The Bertz CT molecular complexity index is 1390. The first-order valence-corrected chi connectivity index (χ1v) is 12.0. The number of ether oxygens (including phenoxy) is 2. The van der Waals surface area contributed by atoms with Crippen molar-refractivity contribution in [2.24, 2.45) is 5.92 Å². The molecule has 2 aromatic carbocycles. The highest BCUT2D eigenvalue weighted by Crippen LogP contribution is 2.30. The quantitative estimate of drug-likeness (QED) is 0.267. The fourth-order valence-corrected chi connectivity index (χ4v) is 4.39. The predicted octanol–water partition coefficient (Wildman–Crippen LogP) is 4.94. The number of para-hydroxylation sites is 1. The SMILES string of the molecule is COc1ccc(OC)c(NC(=O)CSc2nc3c(oc4ccccc43)c(=O)n2CCC(C)C)c1. The van der Waals surface area contributed by atoms with E-state index in [1.54, 1.807) is 29.9 Å². The number of amides is 1. The van der Waals surface area contributed by atoms with E-state index in [9.17, 15) is 9.59 Å². The van der Waals surface area contributed by atoms with Crippen molar-refractivity contribution in [2.75, 3.05) is 25.3 Å². The summed E-state index contributed by atoms with van der Waals surface area (Å²) in [6.45, 7) is 4.68. The smallest absolute Gasteiger partial charge is 0.297 e. The second-order valence-corrected chi connectivity index (χ2v) is 9.16. The lowest BCUT2D eigenvalue weighted by molar-refractivity contribution is -0.113. The van der Waals surface area contributed by atoms with E-state index < -0.39 is 0 Å². The molecule has 2 heterocycles. The van der Waals surface area contributed by atoms with Crippen LogP contribution in [-0.4, -0.2) is 35.4 Å². The van der Waals surface area contributed by atoms with Crippen LogP contribution < -0.4 is 20.3 Å². The number of anilines is 1. The molecular formula is C25H27N3O5S.